The molecule has 6 heteroatoms. The van der Waals surface area contributed by atoms with Gasteiger partial charge in [-0.15, -0.1) is 11.3 Å². The third kappa shape index (κ3) is 4.41. The third-order valence-corrected chi connectivity index (χ3v) is 4.85. The van der Waals surface area contributed by atoms with Crippen LogP contribution in [0.5, 0.6) is 5.75 Å². The maximum atomic E-state index is 12.3. The average Bonchev–Trinajstić information content (AvgIpc) is 3.08. The summed E-state index contributed by atoms with van der Waals surface area (Å²) in [5.74, 6) is 0.768. The summed E-state index contributed by atoms with van der Waals surface area (Å²) in [5, 5.41) is 2.67. The van der Waals surface area contributed by atoms with Crippen molar-refractivity contribution in [3.05, 3.63) is 40.9 Å². The van der Waals surface area contributed by atoms with Gasteiger partial charge in [0, 0.05) is 18.0 Å². The highest BCUT2D eigenvalue weighted by Gasteiger charge is 2.17. The van der Waals surface area contributed by atoms with E-state index in [-0.39, 0.29) is 18.3 Å². The van der Waals surface area contributed by atoms with Crippen molar-refractivity contribution in [1.82, 2.24) is 4.98 Å². The lowest BCUT2D eigenvalue weighted by molar-refractivity contribution is -0.120. The van der Waals surface area contributed by atoms with Crippen molar-refractivity contribution in [3.63, 3.8) is 0 Å². The number of ketones is 1. The van der Waals surface area contributed by atoms with E-state index in [0.29, 0.717) is 22.4 Å². The molecule has 0 fully saturated rings. The number of ether oxygens (including phenoxy) is 1. The second-order valence-electron chi connectivity index (χ2n) is 5.69. The molecule has 2 aromatic rings. The molecule has 1 atom stereocenters. The lowest BCUT2D eigenvalue weighted by Crippen LogP contribution is -2.31. The Kier molecular flexibility index (Phi) is 6.09. The summed E-state index contributed by atoms with van der Waals surface area (Å²) in [6.45, 7) is 5.67. The molecule has 0 spiro atoms. The lowest BCUT2D eigenvalue weighted by Gasteiger charge is -2.14. The van der Waals surface area contributed by atoms with Crippen LogP contribution in [-0.4, -0.2) is 30.3 Å². The van der Waals surface area contributed by atoms with Crippen LogP contribution in [0.2, 0.25) is 0 Å². The number of anilines is 1. The van der Waals surface area contributed by atoms with Gasteiger partial charge in [0.15, 0.2) is 17.5 Å². The molecule has 1 amide bonds. The van der Waals surface area contributed by atoms with Gasteiger partial charge < -0.3 is 4.74 Å². The molecule has 0 N–H and O–H groups in total. The third-order valence-electron chi connectivity index (χ3n) is 3.91. The molecule has 0 unspecified atom stereocenters. The average molecular weight is 346 g/mol. The molecule has 0 radical (unpaired) electrons. The van der Waals surface area contributed by atoms with Crippen molar-refractivity contribution in [2.75, 3.05) is 18.6 Å². The fourth-order valence-electron chi connectivity index (χ4n) is 2.00. The fraction of sp³-hybridized carbons (Fsp3) is 0.389. The fourth-order valence-corrected chi connectivity index (χ4v) is 2.93. The number of hydrogen-bond donors (Lipinski definition) is 0. The molecular formula is C18H22N2O3S. The van der Waals surface area contributed by atoms with Gasteiger partial charge in [0.05, 0.1) is 5.69 Å². The number of hydrogen-bond acceptors (Lipinski definition) is 5. The summed E-state index contributed by atoms with van der Waals surface area (Å²) in [6.07, 6.45) is 1.01. The van der Waals surface area contributed by atoms with Gasteiger partial charge in [0.25, 0.3) is 5.91 Å². The first-order valence-corrected chi connectivity index (χ1v) is 8.76. The highest BCUT2D eigenvalue weighted by Crippen LogP contribution is 2.26. The number of amides is 1. The predicted molar refractivity (Wildman–Crippen MR) is 96.2 cm³/mol. The Balaban J connectivity index is 1.94. The minimum absolute atomic E-state index is 0.00163. The molecule has 0 aliphatic carbocycles. The van der Waals surface area contributed by atoms with Crippen LogP contribution in [-0.2, 0) is 4.79 Å². The molecule has 1 aromatic carbocycles. The van der Waals surface area contributed by atoms with Gasteiger partial charge in [-0.2, -0.15) is 0 Å². The minimum atomic E-state index is -0.171. The van der Waals surface area contributed by atoms with Crippen LogP contribution in [0.3, 0.4) is 0 Å². The van der Waals surface area contributed by atoms with Crippen LogP contribution in [0.1, 0.15) is 49.2 Å². The molecule has 0 aliphatic rings. The molecule has 24 heavy (non-hydrogen) atoms. The Hall–Kier alpha value is -2.21. The number of rotatable bonds is 7. The van der Waals surface area contributed by atoms with E-state index in [9.17, 15) is 9.59 Å². The number of thiazole rings is 1. The van der Waals surface area contributed by atoms with E-state index in [1.165, 1.54) is 23.2 Å². The van der Waals surface area contributed by atoms with Crippen molar-refractivity contribution in [2.24, 2.45) is 0 Å². The van der Waals surface area contributed by atoms with Crippen LogP contribution in [0.4, 0.5) is 5.13 Å². The topological polar surface area (TPSA) is 59.5 Å². The summed E-state index contributed by atoms with van der Waals surface area (Å²) in [5.41, 5.74) is 1.63. The van der Waals surface area contributed by atoms with Crippen LogP contribution in [0.15, 0.2) is 29.6 Å². The summed E-state index contributed by atoms with van der Waals surface area (Å²) in [7, 11) is 1.70. The summed E-state index contributed by atoms with van der Waals surface area (Å²) >= 11 is 1.46. The van der Waals surface area contributed by atoms with Crippen molar-refractivity contribution < 1.29 is 14.3 Å². The Morgan fingerprint density at radius 3 is 2.54 bits per heavy atom. The Labute approximate surface area is 146 Å². The number of nitrogens with zero attached hydrogens (tertiary/aromatic N) is 2. The van der Waals surface area contributed by atoms with Crippen molar-refractivity contribution in [2.45, 2.75) is 33.1 Å². The SMILES string of the molecule is CC[C@@H](C)c1csc(N(C)C(=O)COc2ccc(C(C)=O)cc2)n1. The largest absolute Gasteiger partial charge is 0.484 e. The van der Waals surface area contributed by atoms with Gasteiger partial charge in [-0.25, -0.2) is 4.98 Å². The van der Waals surface area contributed by atoms with E-state index in [4.69, 9.17) is 4.74 Å². The van der Waals surface area contributed by atoms with Crippen molar-refractivity contribution in [1.29, 1.82) is 0 Å². The normalized spacial score (nSPS) is 11.8. The maximum absolute atomic E-state index is 12.3. The zero-order valence-corrected chi connectivity index (χ0v) is 15.2. The molecule has 5 nitrogen and oxygen atoms in total. The van der Waals surface area contributed by atoms with Crippen LogP contribution >= 0.6 is 11.3 Å². The van der Waals surface area contributed by atoms with Crippen molar-refractivity contribution >= 4 is 28.2 Å². The molecular weight excluding hydrogens is 324 g/mol. The number of likely N-dealkylation sites (N-methyl/N-ethyl adjacent to an activating group) is 1. The molecule has 128 valence electrons. The Morgan fingerprint density at radius 2 is 1.96 bits per heavy atom. The highest BCUT2D eigenvalue weighted by atomic mass is 32.1. The Bertz CT molecular complexity index is 709. The number of carbonyl (C=O) groups is 2. The van der Waals surface area contributed by atoms with Gasteiger partial charge in [-0.1, -0.05) is 13.8 Å². The van der Waals surface area contributed by atoms with E-state index in [1.807, 2.05) is 5.38 Å². The molecule has 0 saturated heterocycles. The van der Waals surface area contributed by atoms with Crippen LogP contribution in [0.25, 0.3) is 0 Å². The number of aromatic nitrogens is 1. The zero-order chi connectivity index (χ0) is 17.7. The molecule has 0 bridgehead atoms. The number of carbonyl (C=O) groups excluding carboxylic acids is 2. The van der Waals surface area contributed by atoms with E-state index in [1.54, 1.807) is 31.3 Å². The van der Waals surface area contributed by atoms with Gasteiger partial charge >= 0.3 is 0 Å². The lowest BCUT2D eigenvalue weighted by atomic mass is 10.1. The number of benzene rings is 1. The molecule has 0 saturated carbocycles. The van der Waals surface area contributed by atoms with E-state index < -0.39 is 0 Å². The van der Waals surface area contributed by atoms with Gasteiger partial charge in [-0.05, 0) is 43.5 Å². The van der Waals surface area contributed by atoms with Gasteiger partial charge in [-0.3, -0.25) is 14.5 Å². The predicted octanol–water partition coefficient (Wildman–Crippen LogP) is 3.90. The van der Waals surface area contributed by atoms with Crippen LogP contribution < -0.4 is 9.64 Å². The second-order valence-corrected chi connectivity index (χ2v) is 6.52. The van der Waals surface area contributed by atoms with Crippen molar-refractivity contribution in [3.8, 4) is 5.75 Å². The van der Waals surface area contributed by atoms with E-state index in [2.05, 4.69) is 18.8 Å². The zero-order valence-electron chi connectivity index (χ0n) is 14.4. The maximum Gasteiger partial charge on any atom is 0.266 e. The first-order valence-electron chi connectivity index (χ1n) is 7.88. The number of Topliss-reactive ketones (excluding diaryl/α,β-unsaturated/α-hetero) is 1. The summed E-state index contributed by atoms with van der Waals surface area (Å²) < 4.78 is 5.49. The Morgan fingerprint density at radius 1 is 1.29 bits per heavy atom. The first kappa shape index (κ1) is 18.1. The van der Waals surface area contributed by atoms with E-state index in [0.717, 1.165) is 12.1 Å². The highest BCUT2D eigenvalue weighted by molar-refractivity contribution is 7.14. The second kappa shape index (κ2) is 8.06. The monoisotopic (exact) mass is 346 g/mol. The first-order chi connectivity index (χ1) is 11.4. The summed E-state index contributed by atoms with van der Waals surface area (Å²) in [4.78, 5) is 29.5. The molecule has 1 aromatic heterocycles. The standard InChI is InChI=1S/C18H22N2O3S/c1-5-12(2)16-11-24-18(19-16)20(4)17(22)10-23-15-8-6-14(7-9-15)13(3)21/h6-9,11-12H,5,10H2,1-4H3/t12-/m1/s1. The van der Waals surface area contributed by atoms with Crippen LogP contribution in [0, 0.1) is 0 Å². The smallest absolute Gasteiger partial charge is 0.266 e. The quantitative estimate of drug-likeness (QED) is 0.713. The van der Waals surface area contributed by atoms with Gasteiger partial charge in [0.2, 0.25) is 0 Å². The minimum Gasteiger partial charge on any atom is -0.484 e. The molecule has 2 rings (SSSR count). The van der Waals surface area contributed by atoms with Gasteiger partial charge in [0.1, 0.15) is 5.75 Å². The summed E-state index contributed by atoms with van der Waals surface area (Å²) in [6, 6.07) is 6.75. The van der Waals surface area contributed by atoms with E-state index >= 15 is 0 Å². The molecule has 1 heterocycles. The molecule has 0 aliphatic heterocycles.